The van der Waals surface area contributed by atoms with Crippen molar-refractivity contribution in [1.82, 2.24) is 15.1 Å². The van der Waals surface area contributed by atoms with E-state index in [0.29, 0.717) is 29.7 Å². The maximum Gasteiger partial charge on any atom is 0.301 e. The quantitative estimate of drug-likeness (QED) is 0.177. The largest absolute Gasteiger partial charge is 0.483 e. The number of carbonyl (C=O) groups excluding carboxylic acids is 2. The van der Waals surface area contributed by atoms with Crippen LogP contribution in [0.15, 0.2) is 59.0 Å². The second kappa shape index (κ2) is 20.6. The molecule has 2 N–H and O–H groups in total. The summed E-state index contributed by atoms with van der Waals surface area (Å²) in [7, 11) is 0. The molecule has 0 aromatic heterocycles. The number of nitrogens with zero attached hydrogens (tertiary/aromatic N) is 6. The van der Waals surface area contributed by atoms with Crippen LogP contribution in [0.2, 0.25) is 0 Å². The van der Waals surface area contributed by atoms with Crippen LogP contribution in [0.4, 0.5) is 25.0 Å². The number of piperidine rings is 1. The maximum atomic E-state index is 14.5. The van der Waals surface area contributed by atoms with E-state index in [-0.39, 0.29) is 29.5 Å². The highest BCUT2D eigenvalue weighted by molar-refractivity contribution is 8.13. The molecule has 15 heteroatoms. The Balaban J connectivity index is 0.000000548. The standard InChI is InChI=1S/C31H35F2N7O3.C4H10.C3H5NOS/c1-3-35-30(37-25-5-7-26(8-6-25)39-12-14-40(15-13-39)27-18-42-19-27)36-22(2)23-4-9-28(24(16-23)17-34)43-29-10-11-38(21-41)20-31(29,32)33;1-3-4-2;5-3-4-1-2-6-3/h3-9,16,21,27,29H,2,10-15,18-20H2,1H3,(H,36,37);3-4H2,1-2H3;1-2H2,(H,4,5)/b35-3-;;. The minimum Gasteiger partial charge on any atom is -0.483 e. The zero-order valence-corrected chi connectivity index (χ0v) is 31.5. The van der Waals surface area contributed by atoms with Gasteiger partial charge >= 0.3 is 5.92 Å². The SMILES string of the molecule is C=C(N=C(/N=C\C)Nc1ccc(N2CCN(C3COC3)CC2)cc1)c1ccc(OC2CCN(C=O)CC2(F)F)c(C#N)c1.CCCC.O=C1NCCS1. The van der Waals surface area contributed by atoms with Gasteiger partial charge in [0.15, 0.2) is 6.10 Å². The number of thioether (sulfide) groups is 1. The van der Waals surface area contributed by atoms with E-state index in [1.165, 1.54) is 36.7 Å². The molecule has 2 aromatic rings. The van der Waals surface area contributed by atoms with Gasteiger partial charge in [-0.05, 0) is 49.4 Å². The topological polar surface area (TPSA) is 135 Å². The van der Waals surface area contributed by atoms with Gasteiger partial charge in [0.25, 0.3) is 5.24 Å². The first kappa shape index (κ1) is 41.2. The van der Waals surface area contributed by atoms with Gasteiger partial charge in [-0.2, -0.15) is 5.26 Å². The van der Waals surface area contributed by atoms with Gasteiger partial charge in [-0.1, -0.05) is 45.0 Å². The predicted octanol–water partition coefficient (Wildman–Crippen LogP) is 6.10. The Bertz CT molecular complexity index is 1610. The Kier molecular flexibility index (Phi) is 16.1. The van der Waals surface area contributed by atoms with Crippen LogP contribution in [0.1, 0.15) is 51.2 Å². The van der Waals surface area contributed by atoms with E-state index in [9.17, 15) is 23.6 Å². The molecule has 0 aliphatic carbocycles. The van der Waals surface area contributed by atoms with E-state index in [4.69, 9.17) is 9.47 Å². The van der Waals surface area contributed by atoms with Crippen LogP contribution < -0.4 is 20.3 Å². The molecular formula is C38H50F2N8O4S. The molecule has 0 radical (unpaired) electrons. The average Bonchev–Trinajstić information content (AvgIpc) is 3.63. The molecule has 2 amide bonds. The number of nitriles is 1. The van der Waals surface area contributed by atoms with E-state index in [1.54, 1.807) is 19.2 Å². The first-order valence-corrected chi connectivity index (χ1v) is 19.0. The number of rotatable bonds is 9. The van der Waals surface area contributed by atoms with Crippen LogP contribution >= 0.6 is 11.8 Å². The van der Waals surface area contributed by atoms with Crippen molar-refractivity contribution in [3.05, 3.63) is 60.2 Å². The number of benzene rings is 2. The summed E-state index contributed by atoms with van der Waals surface area (Å²) in [6.07, 6.45) is 3.15. The molecule has 4 fully saturated rings. The molecule has 4 aliphatic rings. The van der Waals surface area contributed by atoms with Crippen LogP contribution in [-0.4, -0.2) is 116 Å². The number of anilines is 2. The van der Waals surface area contributed by atoms with Gasteiger partial charge in [-0.3, -0.25) is 14.5 Å². The maximum absolute atomic E-state index is 14.5. The first-order valence-electron chi connectivity index (χ1n) is 18.0. The lowest BCUT2D eigenvalue weighted by Gasteiger charge is -2.43. The summed E-state index contributed by atoms with van der Waals surface area (Å²) in [6.45, 7) is 16.1. The molecule has 1 atom stereocenters. The Morgan fingerprint density at radius 3 is 2.38 bits per heavy atom. The Morgan fingerprint density at radius 1 is 1.15 bits per heavy atom. The van der Waals surface area contributed by atoms with Gasteiger partial charge < -0.3 is 29.9 Å². The summed E-state index contributed by atoms with van der Waals surface area (Å²) >= 11 is 1.35. The predicted molar refractivity (Wildman–Crippen MR) is 208 cm³/mol. The van der Waals surface area contributed by atoms with Crippen LogP contribution in [0.3, 0.4) is 0 Å². The normalized spacial score (nSPS) is 20.2. The average molecular weight is 753 g/mol. The molecule has 12 nitrogen and oxygen atoms in total. The van der Waals surface area contributed by atoms with E-state index < -0.39 is 18.6 Å². The minimum atomic E-state index is -3.24. The van der Waals surface area contributed by atoms with Crippen molar-refractivity contribution < 1.29 is 27.8 Å². The molecule has 2 aromatic carbocycles. The highest BCUT2D eigenvalue weighted by Crippen LogP contribution is 2.33. The lowest BCUT2D eigenvalue weighted by molar-refractivity contribution is -0.151. The van der Waals surface area contributed by atoms with Crippen molar-refractivity contribution in [2.75, 3.05) is 75.0 Å². The summed E-state index contributed by atoms with van der Waals surface area (Å²) in [4.78, 5) is 35.7. The highest BCUT2D eigenvalue weighted by Gasteiger charge is 2.46. The van der Waals surface area contributed by atoms with Crippen LogP contribution in [0, 0.1) is 11.3 Å². The number of carbonyl (C=O) groups is 2. The number of unbranched alkanes of at least 4 members (excludes halogenated alkanes) is 1. The second-order valence-electron chi connectivity index (χ2n) is 12.8. The Hall–Kier alpha value is -4.52. The fraction of sp³-hybridized carbons (Fsp3) is 0.500. The Labute approximate surface area is 315 Å². The fourth-order valence-electron chi connectivity index (χ4n) is 5.65. The second-order valence-corrected chi connectivity index (χ2v) is 13.8. The lowest BCUT2D eigenvalue weighted by Crippen LogP contribution is -2.56. The van der Waals surface area contributed by atoms with Gasteiger partial charge in [0, 0.05) is 74.6 Å². The number of likely N-dealkylation sites (tertiary alicyclic amines) is 1. The minimum absolute atomic E-state index is 0.0377. The Morgan fingerprint density at radius 2 is 1.87 bits per heavy atom. The summed E-state index contributed by atoms with van der Waals surface area (Å²) in [6, 6.07) is 15.2. The molecule has 1 unspecified atom stereocenters. The van der Waals surface area contributed by atoms with Gasteiger partial charge in [-0.25, -0.2) is 18.8 Å². The number of alkyl halides is 2. The summed E-state index contributed by atoms with van der Waals surface area (Å²) < 4.78 is 40.0. The zero-order valence-electron chi connectivity index (χ0n) is 30.7. The third-order valence-corrected chi connectivity index (χ3v) is 9.77. The molecule has 286 valence electrons. The molecule has 4 saturated heterocycles. The van der Waals surface area contributed by atoms with Crippen molar-refractivity contribution in [2.24, 2.45) is 9.98 Å². The van der Waals surface area contributed by atoms with Crippen molar-refractivity contribution in [3.8, 4) is 11.8 Å². The molecule has 4 aliphatic heterocycles. The molecular weight excluding hydrogens is 703 g/mol. The summed E-state index contributed by atoms with van der Waals surface area (Å²) in [5, 5.41) is 15.7. The monoisotopic (exact) mass is 752 g/mol. The van der Waals surface area contributed by atoms with Crippen LogP contribution in [0.25, 0.3) is 5.70 Å². The van der Waals surface area contributed by atoms with Gasteiger partial charge in [0.1, 0.15) is 11.8 Å². The van der Waals surface area contributed by atoms with E-state index in [2.05, 4.69) is 63.0 Å². The highest BCUT2D eigenvalue weighted by atomic mass is 32.2. The third-order valence-electron chi connectivity index (χ3n) is 8.95. The number of ether oxygens (including phenoxy) is 2. The van der Waals surface area contributed by atoms with Crippen molar-refractivity contribution in [2.45, 2.75) is 58.1 Å². The number of piperazine rings is 1. The lowest BCUT2D eigenvalue weighted by atomic mass is 10.0. The van der Waals surface area contributed by atoms with Crippen LogP contribution in [-0.2, 0) is 9.53 Å². The number of amides is 2. The zero-order chi connectivity index (χ0) is 38.2. The number of nitrogens with one attached hydrogen (secondary N) is 2. The van der Waals surface area contributed by atoms with Crippen molar-refractivity contribution >= 4 is 52.7 Å². The molecule has 0 bridgehead atoms. The van der Waals surface area contributed by atoms with Gasteiger partial charge in [-0.15, -0.1) is 0 Å². The van der Waals surface area contributed by atoms with Crippen molar-refractivity contribution in [3.63, 3.8) is 0 Å². The van der Waals surface area contributed by atoms with E-state index in [1.807, 2.05) is 18.2 Å². The van der Waals surface area contributed by atoms with E-state index in [0.717, 1.165) is 68.0 Å². The number of aliphatic imine (C=N–C) groups is 2. The molecule has 0 saturated carbocycles. The van der Waals surface area contributed by atoms with Crippen LogP contribution in [0.5, 0.6) is 5.75 Å². The third kappa shape index (κ3) is 12.3. The molecule has 53 heavy (non-hydrogen) atoms. The summed E-state index contributed by atoms with van der Waals surface area (Å²) in [5.41, 5.74) is 2.87. The molecule has 0 spiro atoms. The van der Waals surface area contributed by atoms with E-state index >= 15 is 0 Å². The number of halogens is 2. The van der Waals surface area contributed by atoms with Crippen molar-refractivity contribution in [1.29, 1.82) is 5.26 Å². The van der Waals surface area contributed by atoms with Gasteiger partial charge in [0.2, 0.25) is 12.4 Å². The fourth-order valence-corrected chi connectivity index (χ4v) is 6.24. The molecule has 4 heterocycles. The van der Waals surface area contributed by atoms with Gasteiger partial charge in [0.05, 0.1) is 37.1 Å². The number of hydrogen-bond donors (Lipinski definition) is 2. The number of guanidine groups is 1. The smallest absolute Gasteiger partial charge is 0.301 e. The number of hydrogen-bond acceptors (Lipinski definition) is 9. The molecule has 6 rings (SSSR count). The first-order chi connectivity index (χ1) is 25.6. The summed E-state index contributed by atoms with van der Waals surface area (Å²) in [5.74, 6) is -1.96.